The van der Waals surface area contributed by atoms with Crippen molar-refractivity contribution < 1.29 is 14.0 Å². The zero-order valence-corrected chi connectivity index (χ0v) is 18.3. The van der Waals surface area contributed by atoms with E-state index >= 15 is 0 Å². The van der Waals surface area contributed by atoms with Gasteiger partial charge in [-0.2, -0.15) is 0 Å². The molecular formula is C25H26FN5O2. The SMILES string of the molecule is O=C(Nc1ccc(F)cc1)N1CCN(C(=O)c2cc3ccccc3nc2N2CCCC2)CC1. The van der Waals surface area contributed by atoms with Crippen molar-refractivity contribution in [2.45, 2.75) is 12.8 Å². The molecule has 3 heterocycles. The van der Waals surface area contributed by atoms with Crippen LogP contribution in [0, 0.1) is 5.82 Å². The quantitative estimate of drug-likeness (QED) is 0.660. The van der Waals surface area contributed by atoms with Gasteiger partial charge in [-0.05, 0) is 49.2 Å². The third kappa shape index (κ3) is 4.46. The molecule has 2 aliphatic rings. The van der Waals surface area contributed by atoms with Gasteiger partial charge < -0.3 is 20.0 Å². The van der Waals surface area contributed by atoms with Gasteiger partial charge in [0.2, 0.25) is 0 Å². The Morgan fingerprint density at radius 2 is 1.52 bits per heavy atom. The number of benzene rings is 2. The Kier molecular flexibility index (Phi) is 5.81. The van der Waals surface area contributed by atoms with Crippen molar-refractivity contribution in [2.24, 2.45) is 0 Å². The largest absolute Gasteiger partial charge is 0.356 e. The molecule has 33 heavy (non-hydrogen) atoms. The number of anilines is 2. The van der Waals surface area contributed by atoms with Gasteiger partial charge in [0.1, 0.15) is 11.6 Å². The Hall–Kier alpha value is -3.68. The van der Waals surface area contributed by atoms with Crippen molar-refractivity contribution in [3.8, 4) is 0 Å². The zero-order valence-electron chi connectivity index (χ0n) is 18.3. The number of aromatic nitrogens is 1. The number of carbonyl (C=O) groups is 2. The van der Waals surface area contributed by atoms with E-state index in [1.165, 1.54) is 24.3 Å². The summed E-state index contributed by atoms with van der Waals surface area (Å²) in [6.07, 6.45) is 2.20. The lowest BCUT2D eigenvalue weighted by Crippen LogP contribution is -2.51. The van der Waals surface area contributed by atoms with E-state index in [0.29, 0.717) is 37.4 Å². The smallest absolute Gasteiger partial charge is 0.321 e. The number of carbonyl (C=O) groups excluding carboxylic acids is 2. The van der Waals surface area contributed by atoms with Crippen LogP contribution in [0.25, 0.3) is 10.9 Å². The highest BCUT2D eigenvalue weighted by Gasteiger charge is 2.29. The first kappa shape index (κ1) is 21.2. The minimum Gasteiger partial charge on any atom is -0.356 e. The van der Waals surface area contributed by atoms with Gasteiger partial charge in [0.25, 0.3) is 5.91 Å². The number of amides is 3. The molecule has 0 bridgehead atoms. The van der Waals surface area contributed by atoms with Crippen LogP contribution in [0.3, 0.4) is 0 Å². The Balaban J connectivity index is 1.30. The van der Waals surface area contributed by atoms with Gasteiger partial charge in [-0.1, -0.05) is 18.2 Å². The lowest BCUT2D eigenvalue weighted by atomic mass is 10.1. The van der Waals surface area contributed by atoms with Crippen LogP contribution >= 0.6 is 0 Å². The molecule has 0 aliphatic carbocycles. The Labute approximate surface area is 191 Å². The van der Waals surface area contributed by atoms with E-state index in [0.717, 1.165) is 42.7 Å². The number of pyridine rings is 1. The van der Waals surface area contributed by atoms with Gasteiger partial charge in [0.05, 0.1) is 11.1 Å². The fourth-order valence-corrected chi connectivity index (χ4v) is 4.45. The molecule has 7 nitrogen and oxygen atoms in total. The summed E-state index contributed by atoms with van der Waals surface area (Å²) in [5.74, 6) is 0.359. The number of rotatable bonds is 3. The van der Waals surface area contributed by atoms with Crippen molar-refractivity contribution in [2.75, 3.05) is 49.5 Å². The summed E-state index contributed by atoms with van der Waals surface area (Å²) >= 11 is 0. The first-order valence-electron chi connectivity index (χ1n) is 11.3. The van der Waals surface area contributed by atoms with E-state index in [4.69, 9.17) is 4.98 Å². The highest BCUT2D eigenvalue weighted by atomic mass is 19.1. The molecule has 2 aliphatic heterocycles. The van der Waals surface area contributed by atoms with Crippen LogP contribution in [-0.2, 0) is 0 Å². The second kappa shape index (κ2) is 9.05. The molecule has 3 amide bonds. The summed E-state index contributed by atoms with van der Waals surface area (Å²) in [6, 6.07) is 15.2. The van der Waals surface area contributed by atoms with Crippen LogP contribution in [0.1, 0.15) is 23.2 Å². The fraction of sp³-hybridized carbons (Fsp3) is 0.320. The third-order valence-electron chi connectivity index (χ3n) is 6.29. The molecule has 2 fully saturated rings. The average Bonchev–Trinajstić information content (AvgIpc) is 3.39. The Bertz CT molecular complexity index is 1170. The summed E-state index contributed by atoms with van der Waals surface area (Å²) < 4.78 is 13.1. The molecule has 8 heteroatoms. The number of halogens is 1. The summed E-state index contributed by atoms with van der Waals surface area (Å²) in [6.45, 7) is 3.56. The topological polar surface area (TPSA) is 68.8 Å². The van der Waals surface area contributed by atoms with Gasteiger partial charge >= 0.3 is 6.03 Å². The van der Waals surface area contributed by atoms with Crippen LogP contribution in [0.2, 0.25) is 0 Å². The number of fused-ring (bicyclic) bond motifs is 1. The highest BCUT2D eigenvalue weighted by Crippen LogP contribution is 2.28. The molecule has 0 atom stereocenters. The summed E-state index contributed by atoms with van der Waals surface area (Å²) in [7, 11) is 0. The van der Waals surface area contributed by atoms with E-state index in [-0.39, 0.29) is 17.8 Å². The Morgan fingerprint density at radius 3 is 2.24 bits per heavy atom. The van der Waals surface area contributed by atoms with E-state index in [1.807, 2.05) is 30.3 Å². The Morgan fingerprint density at radius 1 is 0.848 bits per heavy atom. The van der Waals surface area contributed by atoms with Crippen molar-refractivity contribution in [3.05, 3.63) is 66.0 Å². The molecule has 2 aromatic carbocycles. The molecule has 0 saturated carbocycles. The summed E-state index contributed by atoms with van der Waals surface area (Å²) in [4.78, 5) is 36.6. The van der Waals surface area contributed by atoms with Crippen molar-refractivity contribution in [3.63, 3.8) is 0 Å². The van der Waals surface area contributed by atoms with Gasteiger partial charge in [-0.3, -0.25) is 4.79 Å². The monoisotopic (exact) mass is 447 g/mol. The standard InChI is InChI=1S/C25H26FN5O2/c26-19-7-9-20(10-8-19)27-25(33)31-15-13-30(14-16-31)24(32)21-17-18-5-1-2-6-22(18)28-23(21)29-11-3-4-12-29/h1-2,5-10,17H,3-4,11-16H2,(H,27,33). The normalized spacial score (nSPS) is 16.3. The number of piperazine rings is 1. The number of para-hydroxylation sites is 1. The molecular weight excluding hydrogens is 421 g/mol. The number of hydrogen-bond acceptors (Lipinski definition) is 4. The summed E-state index contributed by atoms with van der Waals surface area (Å²) in [5, 5.41) is 3.73. The summed E-state index contributed by atoms with van der Waals surface area (Å²) in [5.41, 5.74) is 2.05. The lowest BCUT2D eigenvalue weighted by molar-refractivity contribution is 0.0672. The maximum Gasteiger partial charge on any atom is 0.321 e. The molecule has 170 valence electrons. The molecule has 0 radical (unpaired) electrons. The fourth-order valence-electron chi connectivity index (χ4n) is 4.45. The average molecular weight is 448 g/mol. The molecule has 2 saturated heterocycles. The van der Waals surface area contributed by atoms with Crippen molar-refractivity contribution in [1.82, 2.24) is 14.8 Å². The van der Waals surface area contributed by atoms with Crippen LogP contribution in [0.15, 0.2) is 54.6 Å². The molecule has 1 N–H and O–H groups in total. The maximum absolute atomic E-state index is 13.5. The zero-order chi connectivity index (χ0) is 22.8. The molecule has 0 spiro atoms. The predicted octanol–water partition coefficient (Wildman–Crippen LogP) is 3.96. The minimum atomic E-state index is -0.350. The maximum atomic E-state index is 13.5. The second-order valence-corrected chi connectivity index (χ2v) is 8.46. The lowest BCUT2D eigenvalue weighted by Gasteiger charge is -2.35. The number of urea groups is 1. The number of nitrogens with one attached hydrogen (secondary N) is 1. The highest BCUT2D eigenvalue weighted by molar-refractivity contribution is 6.02. The predicted molar refractivity (Wildman–Crippen MR) is 126 cm³/mol. The van der Waals surface area contributed by atoms with Gasteiger partial charge in [-0.25, -0.2) is 14.2 Å². The molecule has 5 rings (SSSR count). The van der Waals surface area contributed by atoms with E-state index in [2.05, 4.69) is 10.2 Å². The van der Waals surface area contributed by atoms with E-state index in [9.17, 15) is 14.0 Å². The van der Waals surface area contributed by atoms with Gasteiger partial charge in [0.15, 0.2) is 0 Å². The second-order valence-electron chi connectivity index (χ2n) is 8.46. The molecule has 0 unspecified atom stereocenters. The van der Waals surface area contributed by atoms with Gasteiger partial charge in [0, 0.05) is 50.3 Å². The minimum absolute atomic E-state index is 0.0475. The van der Waals surface area contributed by atoms with E-state index in [1.54, 1.807) is 9.80 Å². The number of hydrogen-bond donors (Lipinski definition) is 1. The first-order chi connectivity index (χ1) is 16.1. The molecule has 1 aromatic heterocycles. The van der Waals surface area contributed by atoms with Crippen LogP contribution in [0.5, 0.6) is 0 Å². The first-order valence-corrected chi connectivity index (χ1v) is 11.3. The van der Waals surface area contributed by atoms with Crippen LogP contribution in [0.4, 0.5) is 20.7 Å². The van der Waals surface area contributed by atoms with E-state index < -0.39 is 0 Å². The third-order valence-corrected chi connectivity index (χ3v) is 6.29. The van der Waals surface area contributed by atoms with Crippen molar-refractivity contribution >= 4 is 34.3 Å². The molecule has 3 aromatic rings. The van der Waals surface area contributed by atoms with Gasteiger partial charge in [-0.15, -0.1) is 0 Å². The van der Waals surface area contributed by atoms with Crippen LogP contribution < -0.4 is 10.2 Å². The number of nitrogens with zero attached hydrogens (tertiary/aromatic N) is 4. The van der Waals surface area contributed by atoms with Crippen molar-refractivity contribution in [1.29, 1.82) is 0 Å². The van der Waals surface area contributed by atoms with Crippen LogP contribution in [-0.4, -0.2) is 66.0 Å².